The molecular weight excluding hydrogens is 622 g/mol. The highest BCUT2D eigenvalue weighted by molar-refractivity contribution is 5.76. The van der Waals surface area contributed by atoms with Gasteiger partial charge in [-0.05, 0) is 77.0 Å². The lowest BCUT2D eigenvalue weighted by Crippen LogP contribution is -2.45. The number of hydrogen-bond donors (Lipinski definition) is 3. The Labute approximate surface area is 310 Å². The number of amides is 1. The molecule has 0 saturated carbocycles. The molecule has 6 heteroatoms. The van der Waals surface area contributed by atoms with Gasteiger partial charge < -0.3 is 20.3 Å². The molecule has 0 aromatic rings. The number of allylic oxidation sites excluding steroid dienone is 4. The van der Waals surface area contributed by atoms with Crippen LogP contribution in [0.25, 0.3) is 0 Å². The first-order valence-electron chi connectivity index (χ1n) is 21.6. The first kappa shape index (κ1) is 48.3. The molecule has 0 saturated heterocycles. The van der Waals surface area contributed by atoms with E-state index in [-0.39, 0.29) is 18.5 Å². The first-order valence-corrected chi connectivity index (χ1v) is 21.6. The number of carbonyl (C=O) groups excluding carboxylic acids is 2. The van der Waals surface area contributed by atoms with Crippen molar-refractivity contribution in [1.82, 2.24) is 5.32 Å². The van der Waals surface area contributed by atoms with Crippen molar-refractivity contribution < 1.29 is 24.5 Å². The summed E-state index contributed by atoms with van der Waals surface area (Å²) in [7, 11) is 0. The van der Waals surface area contributed by atoms with Crippen molar-refractivity contribution in [1.29, 1.82) is 0 Å². The molecule has 0 aromatic heterocycles. The van der Waals surface area contributed by atoms with Gasteiger partial charge in [-0.15, -0.1) is 0 Å². The zero-order chi connectivity index (χ0) is 36.6. The van der Waals surface area contributed by atoms with Crippen molar-refractivity contribution in [3.8, 4) is 0 Å². The van der Waals surface area contributed by atoms with Gasteiger partial charge in [0.15, 0.2) is 0 Å². The first-order chi connectivity index (χ1) is 24.5. The maximum Gasteiger partial charge on any atom is 0.305 e. The standard InChI is InChI=1S/C44H83NO5/c1-3-5-7-9-11-13-14-15-16-17-22-26-30-34-38-44(49)50-39-35-31-27-23-19-18-21-25-29-33-37-43(48)45-41(40-46)42(47)36-32-28-24-20-12-10-8-6-4-2/h14-15,19,23,41-42,46-47H,3-13,16-18,20-22,24-40H2,1-2H3,(H,45,48)/b15-14-,23-19-. The van der Waals surface area contributed by atoms with Crippen LogP contribution in [-0.4, -0.2) is 47.4 Å². The number of esters is 1. The zero-order valence-electron chi connectivity index (χ0n) is 33.1. The highest BCUT2D eigenvalue weighted by Crippen LogP contribution is 2.14. The third-order valence-corrected chi connectivity index (χ3v) is 9.72. The number of rotatable bonds is 39. The number of ether oxygens (including phenoxy) is 1. The number of nitrogens with one attached hydrogen (secondary N) is 1. The molecule has 50 heavy (non-hydrogen) atoms. The van der Waals surface area contributed by atoms with Gasteiger partial charge in [0.1, 0.15) is 0 Å². The smallest absolute Gasteiger partial charge is 0.305 e. The zero-order valence-corrected chi connectivity index (χ0v) is 33.1. The molecule has 0 rings (SSSR count). The summed E-state index contributed by atoms with van der Waals surface area (Å²) < 4.78 is 5.41. The van der Waals surface area contributed by atoms with Crippen LogP contribution in [0.2, 0.25) is 0 Å². The Bertz CT molecular complexity index is 782. The van der Waals surface area contributed by atoms with Gasteiger partial charge in [0.25, 0.3) is 0 Å². The Morgan fingerprint density at radius 2 is 0.940 bits per heavy atom. The predicted octanol–water partition coefficient (Wildman–Crippen LogP) is 12.0. The molecule has 2 atom stereocenters. The average Bonchev–Trinajstić information content (AvgIpc) is 3.11. The normalized spacial score (nSPS) is 13.0. The highest BCUT2D eigenvalue weighted by atomic mass is 16.5. The van der Waals surface area contributed by atoms with Crippen molar-refractivity contribution in [2.24, 2.45) is 0 Å². The molecule has 6 nitrogen and oxygen atoms in total. The molecule has 0 heterocycles. The maximum atomic E-state index is 12.3. The lowest BCUT2D eigenvalue weighted by Gasteiger charge is -2.22. The van der Waals surface area contributed by atoms with E-state index in [2.05, 4.69) is 43.5 Å². The molecule has 1 amide bonds. The second kappa shape index (κ2) is 40.1. The summed E-state index contributed by atoms with van der Waals surface area (Å²) in [6.45, 7) is 4.81. The summed E-state index contributed by atoms with van der Waals surface area (Å²) in [4.78, 5) is 24.3. The molecule has 0 aromatic carbocycles. The summed E-state index contributed by atoms with van der Waals surface area (Å²) in [6.07, 6.45) is 44.2. The molecule has 0 aliphatic heterocycles. The number of aliphatic hydroxyl groups excluding tert-OH is 2. The van der Waals surface area contributed by atoms with Crippen molar-refractivity contribution in [2.75, 3.05) is 13.2 Å². The van der Waals surface area contributed by atoms with E-state index in [9.17, 15) is 19.8 Å². The van der Waals surface area contributed by atoms with Crippen LogP contribution >= 0.6 is 0 Å². The minimum absolute atomic E-state index is 0.0463. The van der Waals surface area contributed by atoms with Gasteiger partial charge in [-0.3, -0.25) is 9.59 Å². The quantitative estimate of drug-likeness (QED) is 0.0336. The molecule has 0 aliphatic carbocycles. The second-order valence-corrected chi connectivity index (χ2v) is 14.7. The fraction of sp³-hybridized carbons (Fsp3) is 0.864. The van der Waals surface area contributed by atoms with Crippen LogP contribution in [0.3, 0.4) is 0 Å². The molecule has 3 N–H and O–H groups in total. The van der Waals surface area contributed by atoms with Gasteiger partial charge in [-0.25, -0.2) is 0 Å². The van der Waals surface area contributed by atoms with E-state index in [0.29, 0.717) is 25.9 Å². The molecule has 0 spiro atoms. The van der Waals surface area contributed by atoms with Gasteiger partial charge in [-0.2, -0.15) is 0 Å². The minimum atomic E-state index is -0.683. The largest absolute Gasteiger partial charge is 0.466 e. The summed E-state index contributed by atoms with van der Waals surface area (Å²) in [5, 5.41) is 23.0. The monoisotopic (exact) mass is 706 g/mol. The molecule has 0 bridgehead atoms. The Kier molecular flexibility index (Phi) is 38.8. The Hall–Kier alpha value is -1.66. The van der Waals surface area contributed by atoms with Gasteiger partial charge in [0.05, 0.1) is 25.4 Å². The third kappa shape index (κ3) is 36.1. The van der Waals surface area contributed by atoms with E-state index in [1.165, 1.54) is 109 Å². The lowest BCUT2D eigenvalue weighted by atomic mass is 10.0. The molecule has 0 radical (unpaired) electrons. The van der Waals surface area contributed by atoms with E-state index >= 15 is 0 Å². The molecular formula is C44H83NO5. The van der Waals surface area contributed by atoms with E-state index in [0.717, 1.165) is 77.0 Å². The Morgan fingerprint density at radius 3 is 1.42 bits per heavy atom. The van der Waals surface area contributed by atoms with Crippen LogP contribution in [0.4, 0.5) is 0 Å². The number of hydrogen-bond acceptors (Lipinski definition) is 5. The molecule has 0 fully saturated rings. The van der Waals surface area contributed by atoms with Gasteiger partial charge >= 0.3 is 5.97 Å². The second-order valence-electron chi connectivity index (χ2n) is 14.7. The van der Waals surface area contributed by atoms with Crippen LogP contribution in [0.1, 0.15) is 219 Å². The van der Waals surface area contributed by atoms with Crippen molar-refractivity contribution in [3.05, 3.63) is 24.3 Å². The van der Waals surface area contributed by atoms with Crippen LogP contribution in [-0.2, 0) is 14.3 Å². The number of unbranched alkanes of at least 4 members (excludes halogenated alkanes) is 24. The van der Waals surface area contributed by atoms with Crippen LogP contribution in [0.15, 0.2) is 24.3 Å². The molecule has 294 valence electrons. The van der Waals surface area contributed by atoms with Crippen LogP contribution in [0, 0.1) is 0 Å². The van der Waals surface area contributed by atoms with E-state index in [1.807, 2.05) is 0 Å². The van der Waals surface area contributed by atoms with E-state index in [1.54, 1.807) is 0 Å². The Balaban J connectivity index is 3.54. The SMILES string of the molecule is CCCCCCC/C=C\CCCCCCCC(=O)OCCCC/C=C\CCCCCCC(=O)NC(CO)C(O)CCCCCCCCCCC. The fourth-order valence-electron chi connectivity index (χ4n) is 6.33. The van der Waals surface area contributed by atoms with Crippen LogP contribution in [0.5, 0.6) is 0 Å². The average molecular weight is 706 g/mol. The summed E-state index contributed by atoms with van der Waals surface area (Å²) in [5.74, 6) is -0.122. The third-order valence-electron chi connectivity index (χ3n) is 9.72. The van der Waals surface area contributed by atoms with E-state index < -0.39 is 12.1 Å². The summed E-state index contributed by atoms with van der Waals surface area (Å²) in [5.41, 5.74) is 0. The van der Waals surface area contributed by atoms with Crippen molar-refractivity contribution >= 4 is 11.9 Å². The maximum absolute atomic E-state index is 12.3. The van der Waals surface area contributed by atoms with Crippen LogP contribution < -0.4 is 5.32 Å². The van der Waals surface area contributed by atoms with Gasteiger partial charge in [-0.1, -0.05) is 154 Å². The highest BCUT2D eigenvalue weighted by Gasteiger charge is 2.20. The van der Waals surface area contributed by atoms with Gasteiger partial charge in [0.2, 0.25) is 5.91 Å². The summed E-state index contributed by atoms with van der Waals surface area (Å²) >= 11 is 0. The number of aliphatic hydroxyl groups is 2. The summed E-state index contributed by atoms with van der Waals surface area (Å²) in [6, 6.07) is -0.564. The molecule has 0 aliphatic rings. The minimum Gasteiger partial charge on any atom is -0.466 e. The lowest BCUT2D eigenvalue weighted by molar-refractivity contribution is -0.143. The predicted molar refractivity (Wildman–Crippen MR) is 213 cm³/mol. The fourth-order valence-corrected chi connectivity index (χ4v) is 6.33. The topological polar surface area (TPSA) is 95.9 Å². The van der Waals surface area contributed by atoms with E-state index in [4.69, 9.17) is 4.74 Å². The van der Waals surface area contributed by atoms with Gasteiger partial charge in [0, 0.05) is 12.8 Å². The Morgan fingerprint density at radius 1 is 0.540 bits per heavy atom. The van der Waals surface area contributed by atoms with Crippen molar-refractivity contribution in [3.63, 3.8) is 0 Å². The number of carbonyl (C=O) groups is 2. The molecule has 2 unspecified atom stereocenters. The van der Waals surface area contributed by atoms with Crippen molar-refractivity contribution in [2.45, 2.75) is 231 Å².